The molecule has 2 fully saturated rings. The molecule has 12 nitrogen and oxygen atoms in total. The van der Waals surface area contributed by atoms with E-state index < -0.39 is 59.1 Å². The molecule has 1 saturated carbocycles. The molecule has 1 saturated heterocycles. The highest BCUT2D eigenvalue weighted by molar-refractivity contribution is 7.99. The van der Waals surface area contributed by atoms with Gasteiger partial charge in [0.15, 0.2) is 5.03 Å². The number of hydrogen-bond donors (Lipinski definition) is 4. The van der Waals surface area contributed by atoms with Gasteiger partial charge in [0.2, 0.25) is 28.0 Å². The fourth-order valence-corrected chi connectivity index (χ4v) is 7.33. The van der Waals surface area contributed by atoms with Crippen molar-refractivity contribution in [3.63, 3.8) is 0 Å². The van der Waals surface area contributed by atoms with Crippen molar-refractivity contribution in [2.24, 2.45) is 5.92 Å². The topological polar surface area (TPSA) is 167 Å². The summed E-state index contributed by atoms with van der Waals surface area (Å²) in [7, 11) is -4.38. The van der Waals surface area contributed by atoms with Crippen LogP contribution in [0.2, 0.25) is 0 Å². The first-order valence-electron chi connectivity index (χ1n) is 14.1. The van der Waals surface area contributed by atoms with Crippen molar-refractivity contribution >= 4 is 45.0 Å². The number of alkyl halides is 4. The third-order valence-electron chi connectivity index (χ3n) is 7.55. The Bertz CT molecular complexity index is 1390. The third kappa shape index (κ3) is 8.60. The standard InChI is InChI=1S/C26H34F4N6O6S2/c27-20(28)12-31-44(40,41)19-9-8-16(11-18(19)36-10-4-7-17(36)13-37)32-24(38)22(15-5-2-1-3-6-15)33-25(39)23-26(35-42-34-23)43-14-21(29)30/h8-9,11,15,17,20-22,31,37H,1-7,10,12-14H2,(H,32,38)(H,33,39)/t17-,22-/m0/s1. The molecule has 2 heterocycles. The zero-order valence-corrected chi connectivity index (χ0v) is 25.2. The van der Waals surface area contributed by atoms with Crippen molar-refractivity contribution in [2.75, 3.05) is 35.7 Å². The van der Waals surface area contributed by atoms with Gasteiger partial charge in [-0.05, 0) is 60.1 Å². The van der Waals surface area contributed by atoms with E-state index in [9.17, 15) is 40.7 Å². The number of aliphatic hydroxyl groups is 1. The van der Waals surface area contributed by atoms with Crippen molar-refractivity contribution in [3.8, 4) is 0 Å². The molecule has 18 heteroatoms. The number of thioether (sulfide) groups is 1. The summed E-state index contributed by atoms with van der Waals surface area (Å²) in [4.78, 5) is 28.2. The number of benzene rings is 1. The van der Waals surface area contributed by atoms with Gasteiger partial charge >= 0.3 is 0 Å². The molecule has 2 aromatic rings. The Kier molecular flexibility index (Phi) is 11.8. The van der Waals surface area contributed by atoms with E-state index in [4.69, 9.17) is 0 Å². The maximum atomic E-state index is 13.7. The first-order valence-corrected chi connectivity index (χ1v) is 16.6. The summed E-state index contributed by atoms with van der Waals surface area (Å²) < 4.78 is 83.5. The number of anilines is 2. The lowest BCUT2D eigenvalue weighted by Gasteiger charge is -2.30. The Hall–Kier alpha value is -2.96. The Balaban J connectivity index is 1.60. The molecular weight excluding hydrogens is 632 g/mol. The van der Waals surface area contributed by atoms with Crippen molar-refractivity contribution in [1.82, 2.24) is 20.4 Å². The number of carbonyl (C=O) groups excluding carboxylic acids is 2. The summed E-state index contributed by atoms with van der Waals surface area (Å²) >= 11 is 0.591. The molecule has 2 aliphatic rings. The number of halogens is 4. The molecule has 2 atom stereocenters. The number of aromatic nitrogens is 2. The number of hydrogen-bond acceptors (Lipinski definition) is 10. The van der Waals surface area contributed by atoms with Gasteiger partial charge < -0.3 is 20.6 Å². The van der Waals surface area contributed by atoms with Crippen LogP contribution < -0.4 is 20.3 Å². The SMILES string of the molecule is O=C(N[C@H](C(=O)Nc1ccc(S(=O)(=O)NCC(F)F)c(N2CCC[C@H]2CO)c1)C1CCCCC1)c1nonc1SCC(F)F. The van der Waals surface area contributed by atoms with Gasteiger partial charge in [0, 0.05) is 12.2 Å². The van der Waals surface area contributed by atoms with Gasteiger partial charge in [-0.2, -0.15) is 0 Å². The summed E-state index contributed by atoms with van der Waals surface area (Å²) in [6, 6.07) is 2.40. The maximum Gasteiger partial charge on any atom is 0.277 e. The molecule has 4 N–H and O–H groups in total. The van der Waals surface area contributed by atoms with Gasteiger partial charge in [0.1, 0.15) is 10.9 Å². The van der Waals surface area contributed by atoms with Crippen LogP contribution in [0.3, 0.4) is 0 Å². The molecule has 1 aromatic carbocycles. The van der Waals surface area contributed by atoms with Crippen LogP contribution in [0.5, 0.6) is 0 Å². The largest absolute Gasteiger partial charge is 0.394 e. The van der Waals surface area contributed by atoms with Crippen LogP contribution >= 0.6 is 11.8 Å². The highest BCUT2D eigenvalue weighted by Gasteiger charge is 2.34. The van der Waals surface area contributed by atoms with E-state index in [1.54, 1.807) is 4.90 Å². The average Bonchev–Trinajstić information content (AvgIpc) is 3.68. The molecule has 1 aliphatic heterocycles. The molecule has 1 aliphatic carbocycles. The molecule has 44 heavy (non-hydrogen) atoms. The van der Waals surface area contributed by atoms with Gasteiger partial charge in [-0.3, -0.25) is 9.59 Å². The predicted molar refractivity (Wildman–Crippen MR) is 153 cm³/mol. The van der Waals surface area contributed by atoms with E-state index in [1.807, 2.05) is 4.72 Å². The number of nitrogens with one attached hydrogen (secondary N) is 3. The van der Waals surface area contributed by atoms with Crippen LogP contribution in [0.15, 0.2) is 32.7 Å². The Labute approximate surface area is 255 Å². The molecule has 0 radical (unpaired) electrons. The molecule has 0 spiro atoms. The molecular formula is C26H34F4N6O6S2. The van der Waals surface area contributed by atoms with Crippen molar-refractivity contribution < 1.29 is 45.3 Å². The molecule has 2 amide bonds. The molecule has 0 unspecified atom stereocenters. The lowest BCUT2D eigenvalue weighted by Crippen LogP contribution is -2.49. The quantitative estimate of drug-likeness (QED) is 0.174. The van der Waals surface area contributed by atoms with Crippen molar-refractivity contribution in [3.05, 3.63) is 23.9 Å². The molecule has 4 rings (SSSR count). The lowest BCUT2D eigenvalue weighted by molar-refractivity contribution is -0.119. The van der Waals surface area contributed by atoms with Crippen LogP contribution in [-0.4, -0.2) is 86.0 Å². The van der Waals surface area contributed by atoms with Gasteiger partial charge in [-0.1, -0.05) is 31.0 Å². The second-order valence-electron chi connectivity index (χ2n) is 10.6. The number of carbonyl (C=O) groups is 2. The Morgan fingerprint density at radius 3 is 2.50 bits per heavy atom. The first kappa shape index (κ1) is 33.9. The zero-order chi connectivity index (χ0) is 31.9. The van der Waals surface area contributed by atoms with Crippen LogP contribution in [0.4, 0.5) is 28.9 Å². The van der Waals surface area contributed by atoms with Crippen LogP contribution in [0.25, 0.3) is 0 Å². The zero-order valence-electron chi connectivity index (χ0n) is 23.6. The number of sulfonamides is 1. The minimum Gasteiger partial charge on any atom is -0.394 e. The van der Waals surface area contributed by atoms with E-state index in [-0.39, 0.29) is 39.5 Å². The molecule has 244 valence electrons. The Morgan fingerprint density at radius 2 is 1.82 bits per heavy atom. The minimum atomic E-state index is -4.38. The van der Waals surface area contributed by atoms with E-state index in [0.717, 1.165) is 19.3 Å². The smallest absolute Gasteiger partial charge is 0.277 e. The summed E-state index contributed by atoms with van der Waals surface area (Å²) in [6.07, 6.45) is -0.482. The van der Waals surface area contributed by atoms with E-state index in [0.29, 0.717) is 44.0 Å². The minimum absolute atomic E-state index is 0.119. The maximum absolute atomic E-state index is 13.7. The fraction of sp³-hybridized carbons (Fsp3) is 0.615. The van der Waals surface area contributed by atoms with Gasteiger partial charge in [-0.15, -0.1) is 0 Å². The van der Waals surface area contributed by atoms with Crippen molar-refractivity contribution in [1.29, 1.82) is 0 Å². The average molecular weight is 667 g/mol. The number of amides is 2. The highest BCUT2D eigenvalue weighted by atomic mass is 32.2. The number of aliphatic hydroxyl groups excluding tert-OH is 1. The first-order chi connectivity index (χ1) is 21.0. The summed E-state index contributed by atoms with van der Waals surface area (Å²) in [5.74, 6) is -2.34. The molecule has 1 aromatic heterocycles. The molecule has 0 bridgehead atoms. The van der Waals surface area contributed by atoms with Gasteiger partial charge in [-0.25, -0.2) is 35.3 Å². The number of rotatable bonds is 14. The fourth-order valence-electron chi connectivity index (χ4n) is 5.49. The highest BCUT2D eigenvalue weighted by Crippen LogP contribution is 2.35. The van der Waals surface area contributed by atoms with E-state index >= 15 is 0 Å². The second-order valence-corrected chi connectivity index (χ2v) is 13.3. The van der Waals surface area contributed by atoms with Crippen LogP contribution in [0, 0.1) is 5.92 Å². The third-order valence-corrected chi connectivity index (χ3v) is 9.98. The van der Waals surface area contributed by atoms with E-state index in [2.05, 4.69) is 25.6 Å². The van der Waals surface area contributed by atoms with Crippen molar-refractivity contribution in [2.45, 2.75) is 79.8 Å². The van der Waals surface area contributed by atoms with Gasteiger partial charge in [0.05, 0.1) is 30.6 Å². The van der Waals surface area contributed by atoms with Crippen LogP contribution in [-0.2, 0) is 14.8 Å². The second kappa shape index (κ2) is 15.4. The van der Waals surface area contributed by atoms with Crippen LogP contribution in [0.1, 0.15) is 55.4 Å². The normalized spacial score (nSPS) is 18.6. The van der Waals surface area contributed by atoms with Gasteiger partial charge in [0.25, 0.3) is 12.3 Å². The summed E-state index contributed by atoms with van der Waals surface area (Å²) in [5, 5.41) is 22.2. The lowest BCUT2D eigenvalue weighted by atomic mass is 9.83. The monoisotopic (exact) mass is 666 g/mol. The predicted octanol–water partition coefficient (Wildman–Crippen LogP) is 3.25. The summed E-state index contributed by atoms with van der Waals surface area (Å²) in [5.41, 5.74) is -0.0389. The summed E-state index contributed by atoms with van der Waals surface area (Å²) in [6.45, 7) is -0.973. The number of nitrogens with zero attached hydrogens (tertiary/aromatic N) is 3. The Morgan fingerprint density at radius 1 is 1.07 bits per heavy atom. The van der Waals surface area contributed by atoms with E-state index in [1.165, 1.54) is 18.2 Å².